The molecule has 10 heteroatoms. The fourth-order valence-corrected chi connectivity index (χ4v) is 5.18. The number of halogens is 1. The normalized spacial score (nSPS) is 16.7. The molecule has 2 aliphatic heterocycles. The highest BCUT2D eigenvalue weighted by atomic mass is 32.1. The van der Waals surface area contributed by atoms with Crippen molar-refractivity contribution in [1.29, 1.82) is 0 Å². The molecule has 2 N–H and O–H groups in total. The van der Waals surface area contributed by atoms with Gasteiger partial charge < -0.3 is 14.9 Å². The Hall–Kier alpha value is -3.50. The fourth-order valence-electron chi connectivity index (χ4n) is 4.37. The number of benzene rings is 2. The van der Waals surface area contributed by atoms with Gasteiger partial charge in [0, 0.05) is 62.3 Å². The van der Waals surface area contributed by atoms with Crippen LogP contribution in [0.4, 0.5) is 15.2 Å². The lowest BCUT2D eigenvalue weighted by Gasteiger charge is -2.30. The molecule has 36 heavy (non-hydrogen) atoms. The number of aromatic nitrogens is 1. The van der Waals surface area contributed by atoms with Crippen LogP contribution in [0, 0.1) is 5.82 Å². The maximum Gasteiger partial charge on any atom is 0.257 e. The summed E-state index contributed by atoms with van der Waals surface area (Å²) in [6.07, 6.45) is 5.55. The molecule has 1 aromatic heterocycles. The average Bonchev–Trinajstić information content (AvgIpc) is 3.59. The summed E-state index contributed by atoms with van der Waals surface area (Å²) < 4.78 is 14.4. The lowest BCUT2D eigenvalue weighted by atomic mass is 10.1. The number of hydrogen-bond donors (Lipinski definition) is 2. The molecule has 1 amide bonds. The maximum atomic E-state index is 14.4. The summed E-state index contributed by atoms with van der Waals surface area (Å²) in [6.45, 7) is 5.36. The van der Waals surface area contributed by atoms with Crippen LogP contribution in [-0.4, -0.2) is 78.4 Å². The molecule has 2 aromatic carbocycles. The Labute approximate surface area is 213 Å². The van der Waals surface area contributed by atoms with Crippen LogP contribution in [0.2, 0.25) is 0 Å². The van der Waals surface area contributed by atoms with Crippen molar-refractivity contribution in [2.45, 2.75) is 12.8 Å². The van der Waals surface area contributed by atoms with E-state index in [1.54, 1.807) is 6.20 Å². The van der Waals surface area contributed by atoms with Crippen LogP contribution < -0.4 is 10.2 Å². The first-order valence-corrected chi connectivity index (χ1v) is 12.9. The van der Waals surface area contributed by atoms with E-state index in [4.69, 9.17) is 0 Å². The van der Waals surface area contributed by atoms with Crippen LogP contribution in [0.15, 0.2) is 47.7 Å². The van der Waals surface area contributed by atoms with E-state index in [0.29, 0.717) is 5.13 Å². The van der Waals surface area contributed by atoms with Gasteiger partial charge in [-0.05, 0) is 49.7 Å². The minimum absolute atomic E-state index is 0.0814. The Kier molecular flexibility index (Phi) is 7.15. The molecular weight excluding hydrogens is 479 g/mol. The van der Waals surface area contributed by atoms with Gasteiger partial charge in [0.05, 0.1) is 11.1 Å². The monoisotopic (exact) mass is 508 g/mol. The topological polar surface area (TPSA) is 84.3 Å². The van der Waals surface area contributed by atoms with Gasteiger partial charge in [-0.25, -0.2) is 9.37 Å². The minimum Gasteiger partial charge on any atom is -0.504 e. The molecule has 0 spiro atoms. The number of amides is 1. The predicted molar refractivity (Wildman–Crippen MR) is 142 cm³/mol. The number of carbonyl (C=O) groups is 1. The van der Waals surface area contributed by atoms with Crippen LogP contribution in [-0.2, 0) is 0 Å². The van der Waals surface area contributed by atoms with Crippen LogP contribution in [0.25, 0.3) is 10.4 Å². The first-order valence-electron chi connectivity index (χ1n) is 12.1. The number of aromatic hydroxyl groups is 1. The summed E-state index contributed by atoms with van der Waals surface area (Å²) in [5.41, 5.74) is 2.46. The first kappa shape index (κ1) is 24.2. The highest BCUT2D eigenvalue weighted by Gasteiger charge is 2.17. The third-order valence-corrected chi connectivity index (χ3v) is 7.48. The lowest BCUT2D eigenvalue weighted by molar-refractivity contribution is 0.102. The molecule has 188 valence electrons. The largest absolute Gasteiger partial charge is 0.504 e. The fraction of sp³-hybridized carbons (Fsp3) is 0.346. The summed E-state index contributed by atoms with van der Waals surface area (Å²) >= 11 is 1.36. The summed E-state index contributed by atoms with van der Waals surface area (Å²) in [4.78, 5) is 22.7. The Bertz CT molecular complexity index is 1270. The molecule has 0 atom stereocenters. The van der Waals surface area contributed by atoms with Crippen LogP contribution in [0.1, 0.15) is 28.8 Å². The van der Waals surface area contributed by atoms with Gasteiger partial charge >= 0.3 is 0 Å². The molecule has 3 heterocycles. The number of hydrogen-bond acceptors (Lipinski definition) is 8. The molecule has 2 fully saturated rings. The molecule has 0 radical (unpaired) electrons. The van der Waals surface area contributed by atoms with E-state index in [9.17, 15) is 14.3 Å². The molecule has 0 unspecified atom stereocenters. The number of anilines is 2. The second-order valence-electron chi connectivity index (χ2n) is 9.13. The van der Waals surface area contributed by atoms with Gasteiger partial charge in [0.1, 0.15) is 0 Å². The number of piperazine rings is 1. The van der Waals surface area contributed by atoms with E-state index in [-0.39, 0.29) is 11.1 Å². The van der Waals surface area contributed by atoms with Crippen molar-refractivity contribution < 1.29 is 14.3 Å². The second kappa shape index (κ2) is 10.6. The summed E-state index contributed by atoms with van der Waals surface area (Å²) in [5, 5.41) is 19.5. The van der Waals surface area contributed by atoms with Crippen molar-refractivity contribution in [3.63, 3.8) is 0 Å². The number of hydrazone groups is 1. The minimum atomic E-state index is -0.874. The molecule has 5 rings (SSSR count). The van der Waals surface area contributed by atoms with Crippen molar-refractivity contribution in [2.75, 3.05) is 56.5 Å². The van der Waals surface area contributed by atoms with Crippen molar-refractivity contribution in [1.82, 2.24) is 14.9 Å². The first-order chi connectivity index (χ1) is 17.5. The van der Waals surface area contributed by atoms with Gasteiger partial charge in [-0.3, -0.25) is 15.1 Å². The third kappa shape index (κ3) is 5.50. The zero-order chi connectivity index (χ0) is 25.1. The molecule has 3 aromatic rings. The number of phenolic OH excluding ortho intramolecular Hbond substituents is 1. The van der Waals surface area contributed by atoms with Crippen LogP contribution >= 0.6 is 11.3 Å². The molecule has 0 aliphatic carbocycles. The number of carbonyl (C=O) groups excluding carboxylic acids is 1. The van der Waals surface area contributed by atoms with Gasteiger partial charge in [-0.15, -0.1) is 0 Å². The maximum absolute atomic E-state index is 14.4. The van der Waals surface area contributed by atoms with Crippen LogP contribution in [0.5, 0.6) is 5.75 Å². The van der Waals surface area contributed by atoms with Crippen LogP contribution in [0.3, 0.4) is 0 Å². The SMILES string of the molecule is CN1CCN(N=Cc2cc(C(=O)Nc3ncc(-c4cccc(N5CCCC5)c4)s3)cc(F)c2O)CC1. The van der Waals surface area contributed by atoms with Gasteiger partial charge in [0.2, 0.25) is 0 Å². The standard InChI is InChI=1S/C26H29FN6O2S/c1-31-9-11-33(12-10-31)29-16-20-13-19(15-22(27)24(20)34)25(35)30-26-28-17-23(36-26)18-5-4-6-21(14-18)32-7-2-3-8-32/h4-6,13-17,34H,2-3,7-12H2,1H3,(H,28,30,35). The number of nitrogens with zero attached hydrogens (tertiary/aromatic N) is 5. The van der Waals surface area contributed by atoms with Crippen molar-refractivity contribution in [2.24, 2.45) is 5.10 Å². The molecule has 2 aliphatic rings. The highest BCUT2D eigenvalue weighted by molar-refractivity contribution is 7.19. The number of nitrogens with one attached hydrogen (secondary N) is 1. The molecular formula is C26H29FN6O2S. The summed E-state index contributed by atoms with van der Waals surface area (Å²) in [5.74, 6) is -1.91. The Morgan fingerprint density at radius 1 is 1.14 bits per heavy atom. The van der Waals surface area contributed by atoms with E-state index in [1.807, 2.05) is 24.2 Å². The number of likely N-dealkylation sites (N-methyl/N-ethyl adjacent to an activating group) is 1. The molecule has 8 nitrogen and oxygen atoms in total. The van der Waals surface area contributed by atoms with E-state index in [0.717, 1.165) is 55.8 Å². The zero-order valence-electron chi connectivity index (χ0n) is 20.2. The van der Waals surface area contributed by atoms with Crippen molar-refractivity contribution in [3.8, 4) is 16.2 Å². The number of thiazole rings is 1. The van der Waals surface area contributed by atoms with E-state index < -0.39 is 17.5 Å². The predicted octanol–water partition coefficient (Wildman–Crippen LogP) is 4.09. The summed E-state index contributed by atoms with van der Waals surface area (Å²) in [7, 11) is 2.04. The Morgan fingerprint density at radius 2 is 1.92 bits per heavy atom. The van der Waals surface area contributed by atoms with Crippen molar-refractivity contribution >= 4 is 34.3 Å². The molecule has 0 bridgehead atoms. The third-order valence-electron chi connectivity index (χ3n) is 6.52. The zero-order valence-corrected chi connectivity index (χ0v) is 21.0. The Balaban J connectivity index is 1.29. The number of phenols is 1. The average molecular weight is 509 g/mol. The van der Waals surface area contributed by atoms with Gasteiger partial charge in [0.25, 0.3) is 5.91 Å². The van der Waals surface area contributed by atoms with Crippen molar-refractivity contribution in [3.05, 3.63) is 59.5 Å². The smallest absolute Gasteiger partial charge is 0.257 e. The molecule has 0 saturated carbocycles. The van der Waals surface area contributed by atoms with E-state index in [2.05, 4.69) is 37.3 Å². The van der Waals surface area contributed by atoms with Gasteiger partial charge in [0.15, 0.2) is 16.7 Å². The quantitative estimate of drug-likeness (QED) is 0.488. The summed E-state index contributed by atoms with van der Waals surface area (Å²) in [6, 6.07) is 10.8. The van der Waals surface area contributed by atoms with E-state index >= 15 is 0 Å². The second-order valence-corrected chi connectivity index (χ2v) is 10.2. The lowest BCUT2D eigenvalue weighted by Crippen LogP contribution is -2.41. The molecule has 2 saturated heterocycles. The van der Waals surface area contributed by atoms with Gasteiger partial charge in [-0.2, -0.15) is 5.10 Å². The Morgan fingerprint density at radius 3 is 2.69 bits per heavy atom. The van der Waals surface area contributed by atoms with E-state index in [1.165, 1.54) is 42.1 Å². The van der Waals surface area contributed by atoms with Gasteiger partial charge in [-0.1, -0.05) is 23.5 Å². The highest BCUT2D eigenvalue weighted by Crippen LogP contribution is 2.32. The number of rotatable bonds is 6.